The lowest BCUT2D eigenvalue weighted by Crippen LogP contribution is -2.38. The molecule has 0 N–H and O–H groups in total. The third-order valence-electron chi connectivity index (χ3n) is 2.41. The summed E-state index contributed by atoms with van der Waals surface area (Å²) >= 11 is 0. The van der Waals surface area contributed by atoms with E-state index in [9.17, 15) is 14.0 Å². The molecule has 1 fully saturated rings. The summed E-state index contributed by atoms with van der Waals surface area (Å²) in [4.78, 5) is 25.2. The molecule has 1 saturated heterocycles. The van der Waals surface area contributed by atoms with Gasteiger partial charge in [0.15, 0.2) is 0 Å². The van der Waals surface area contributed by atoms with Crippen LogP contribution in [0.15, 0.2) is 12.8 Å². The fourth-order valence-electron chi connectivity index (χ4n) is 1.49. The largest absolute Gasteiger partial charge is 0.338 e. The minimum Gasteiger partial charge on any atom is -0.338 e. The van der Waals surface area contributed by atoms with Crippen molar-refractivity contribution >= 4 is 11.8 Å². The highest BCUT2D eigenvalue weighted by Crippen LogP contribution is 2.12. The number of halogens is 1. The van der Waals surface area contributed by atoms with Crippen molar-refractivity contribution in [2.75, 3.05) is 19.6 Å². The van der Waals surface area contributed by atoms with Crippen molar-refractivity contribution in [2.45, 2.75) is 19.5 Å². The number of likely N-dealkylation sites (tertiary alicyclic amines) is 1. The van der Waals surface area contributed by atoms with E-state index in [4.69, 9.17) is 0 Å². The number of amides is 2. The molecule has 1 aliphatic rings. The minimum absolute atomic E-state index is 0.0500. The standard InChI is InChI=1S/C10H15FN2O2/c1-3-12(8(2)14)7-10(15)13-5-4-9(11)6-13/h3,9H,1,4-7H2,2H3. The summed E-state index contributed by atoms with van der Waals surface area (Å²) in [6.45, 7) is 5.32. The van der Waals surface area contributed by atoms with Gasteiger partial charge in [-0.3, -0.25) is 9.59 Å². The average Bonchev–Trinajstić information content (AvgIpc) is 2.60. The quantitative estimate of drug-likeness (QED) is 0.688. The average molecular weight is 214 g/mol. The molecule has 0 radical (unpaired) electrons. The lowest BCUT2D eigenvalue weighted by atomic mass is 10.3. The van der Waals surface area contributed by atoms with E-state index in [0.29, 0.717) is 13.0 Å². The lowest BCUT2D eigenvalue weighted by molar-refractivity contribution is -0.136. The molecule has 0 aromatic carbocycles. The third kappa shape index (κ3) is 3.04. The number of hydrogen-bond donors (Lipinski definition) is 0. The Morgan fingerprint density at radius 3 is 2.73 bits per heavy atom. The van der Waals surface area contributed by atoms with Gasteiger partial charge in [-0.2, -0.15) is 0 Å². The van der Waals surface area contributed by atoms with Crippen LogP contribution < -0.4 is 0 Å². The Balaban J connectivity index is 2.47. The zero-order valence-electron chi connectivity index (χ0n) is 8.78. The first-order valence-corrected chi connectivity index (χ1v) is 4.86. The molecular weight excluding hydrogens is 199 g/mol. The maximum absolute atomic E-state index is 12.8. The van der Waals surface area contributed by atoms with E-state index in [2.05, 4.69) is 6.58 Å². The third-order valence-corrected chi connectivity index (χ3v) is 2.41. The van der Waals surface area contributed by atoms with Crippen LogP contribution in [0.5, 0.6) is 0 Å². The van der Waals surface area contributed by atoms with Gasteiger partial charge in [0.2, 0.25) is 11.8 Å². The Bertz CT molecular complexity index is 281. The summed E-state index contributed by atoms with van der Waals surface area (Å²) in [6.07, 6.45) is 0.770. The second-order valence-corrected chi connectivity index (χ2v) is 3.56. The highest BCUT2D eigenvalue weighted by atomic mass is 19.1. The van der Waals surface area contributed by atoms with Gasteiger partial charge in [-0.15, -0.1) is 0 Å². The number of nitrogens with zero attached hydrogens (tertiary/aromatic N) is 2. The van der Waals surface area contributed by atoms with Crippen LogP contribution in [0, 0.1) is 0 Å². The normalized spacial score (nSPS) is 20.1. The van der Waals surface area contributed by atoms with Crippen molar-refractivity contribution in [3.8, 4) is 0 Å². The van der Waals surface area contributed by atoms with Gasteiger partial charge in [0.25, 0.3) is 0 Å². The van der Waals surface area contributed by atoms with Crippen LogP contribution in [-0.4, -0.2) is 47.4 Å². The predicted molar refractivity (Wildman–Crippen MR) is 53.7 cm³/mol. The van der Waals surface area contributed by atoms with E-state index < -0.39 is 6.17 Å². The summed E-state index contributed by atoms with van der Waals surface area (Å²) in [5.41, 5.74) is 0. The van der Waals surface area contributed by atoms with Crippen molar-refractivity contribution < 1.29 is 14.0 Å². The van der Waals surface area contributed by atoms with E-state index >= 15 is 0 Å². The highest BCUT2D eigenvalue weighted by Gasteiger charge is 2.26. The van der Waals surface area contributed by atoms with Crippen molar-refractivity contribution in [2.24, 2.45) is 0 Å². The minimum atomic E-state index is -0.927. The Morgan fingerprint density at radius 2 is 2.33 bits per heavy atom. The van der Waals surface area contributed by atoms with Crippen molar-refractivity contribution in [1.29, 1.82) is 0 Å². The SMILES string of the molecule is C=CN(CC(=O)N1CCC(F)C1)C(C)=O. The molecule has 0 saturated carbocycles. The number of rotatable bonds is 3. The van der Waals surface area contributed by atoms with Gasteiger partial charge in [-0.1, -0.05) is 6.58 Å². The van der Waals surface area contributed by atoms with E-state index in [-0.39, 0.29) is 24.9 Å². The fourth-order valence-corrected chi connectivity index (χ4v) is 1.49. The second-order valence-electron chi connectivity index (χ2n) is 3.56. The first kappa shape index (κ1) is 11.7. The van der Waals surface area contributed by atoms with Gasteiger partial charge in [-0.25, -0.2) is 4.39 Å². The van der Waals surface area contributed by atoms with Crippen LogP contribution in [-0.2, 0) is 9.59 Å². The topological polar surface area (TPSA) is 40.6 Å². The molecular formula is C10H15FN2O2. The van der Waals surface area contributed by atoms with E-state index in [1.165, 1.54) is 22.9 Å². The number of carbonyl (C=O) groups is 2. The first-order chi connectivity index (χ1) is 7.04. The van der Waals surface area contributed by atoms with Gasteiger partial charge in [0.1, 0.15) is 12.7 Å². The summed E-state index contributed by atoms with van der Waals surface area (Å²) < 4.78 is 12.8. The van der Waals surface area contributed by atoms with Crippen LogP contribution in [0.25, 0.3) is 0 Å². The molecule has 15 heavy (non-hydrogen) atoms. The second kappa shape index (κ2) is 4.91. The van der Waals surface area contributed by atoms with Crippen molar-refractivity contribution in [3.63, 3.8) is 0 Å². The lowest BCUT2D eigenvalue weighted by Gasteiger charge is -2.20. The van der Waals surface area contributed by atoms with Crippen molar-refractivity contribution in [3.05, 3.63) is 12.8 Å². The molecule has 2 amide bonds. The highest BCUT2D eigenvalue weighted by molar-refractivity contribution is 5.84. The Kier molecular flexibility index (Phi) is 3.82. The summed E-state index contributed by atoms with van der Waals surface area (Å²) in [6, 6.07) is 0. The molecule has 1 unspecified atom stereocenters. The zero-order chi connectivity index (χ0) is 11.4. The molecule has 1 heterocycles. The summed E-state index contributed by atoms with van der Waals surface area (Å²) in [5.74, 6) is -0.473. The molecule has 84 valence electrons. The molecule has 1 atom stereocenters. The maximum Gasteiger partial charge on any atom is 0.242 e. The van der Waals surface area contributed by atoms with Crippen LogP contribution in [0.4, 0.5) is 4.39 Å². The fraction of sp³-hybridized carbons (Fsp3) is 0.600. The number of hydrogen-bond acceptors (Lipinski definition) is 2. The van der Waals surface area contributed by atoms with Crippen LogP contribution >= 0.6 is 0 Å². The predicted octanol–water partition coefficient (Wildman–Crippen LogP) is 0.549. The molecule has 4 nitrogen and oxygen atoms in total. The summed E-state index contributed by atoms with van der Waals surface area (Å²) in [5, 5.41) is 0. The molecule has 0 bridgehead atoms. The summed E-state index contributed by atoms with van der Waals surface area (Å²) in [7, 11) is 0. The molecule has 0 aliphatic carbocycles. The van der Waals surface area contributed by atoms with E-state index in [0.717, 1.165) is 0 Å². The number of carbonyl (C=O) groups excluding carboxylic acids is 2. The molecule has 1 aliphatic heterocycles. The van der Waals surface area contributed by atoms with Gasteiger partial charge in [0.05, 0.1) is 6.54 Å². The van der Waals surface area contributed by atoms with Crippen molar-refractivity contribution in [1.82, 2.24) is 9.80 Å². The monoisotopic (exact) mass is 214 g/mol. The van der Waals surface area contributed by atoms with Crippen LogP contribution in [0.1, 0.15) is 13.3 Å². The van der Waals surface area contributed by atoms with Gasteiger partial charge < -0.3 is 9.80 Å². The smallest absolute Gasteiger partial charge is 0.242 e. The Morgan fingerprint density at radius 1 is 1.67 bits per heavy atom. The Hall–Kier alpha value is -1.39. The van der Waals surface area contributed by atoms with E-state index in [1.54, 1.807) is 0 Å². The molecule has 0 spiro atoms. The van der Waals surface area contributed by atoms with Gasteiger partial charge in [0, 0.05) is 19.7 Å². The van der Waals surface area contributed by atoms with E-state index in [1.807, 2.05) is 0 Å². The zero-order valence-corrected chi connectivity index (χ0v) is 8.78. The van der Waals surface area contributed by atoms with Crippen LogP contribution in [0.2, 0.25) is 0 Å². The first-order valence-electron chi connectivity index (χ1n) is 4.86. The Labute approximate surface area is 88.3 Å². The molecule has 1 rings (SSSR count). The maximum atomic E-state index is 12.8. The molecule has 5 heteroatoms. The molecule has 0 aromatic heterocycles. The number of alkyl halides is 1. The van der Waals surface area contributed by atoms with Gasteiger partial charge >= 0.3 is 0 Å². The van der Waals surface area contributed by atoms with Crippen LogP contribution in [0.3, 0.4) is 0 Å². The van der Waals surface area contributed by atoms with Gasteiger partial charge in [-0.05, 0) is 6.42 Å². The molecule has 0 aromatic rings.